The standard InChI is InChI=1S/C21H23N7O2/c1-26-9-7-13(8-10-26)27(2)14-3-6-18-19(12-14)23-21(22-18)20-16-11-15(28(29)30)4-5-17(16)24-25-20/h3-6,11-13H,7-10H2,1-2H3,(H,22,23)(H,24,25). The van der Waals surface area contributed by atoms with Crippen molar-refractivity contribution in [1.82, 2.24) is 25.1 Å². The minimum absolute atomic E-state index is 0.0308. The van der Waals surface area contributed by atoms with Crippen LogP contribution >= 0.6 is 0 Å². The molecule has 5 rings (SSSR count). The highest BCUT2D eigenvalue weighted by atomic mass is 16.6. The summed E-state index contributed by atoms with van der Waals surface area (Å²) in [5.74, 6) is 0.593. The lowest BCUT2D eigenvalue weighted by Gasteiger charge is -2.36. The molecule has 9 nitrogen and oxygen atoms in total. The van der Waals surface area contributed by atoms with Crippen molar-refractivity contribution in [3.8, 4) is 11.5 Å². The lowest BCUT2D eigenvalue weighted by atomic mass is 10.0. The molecule has 2 aromatic heterocycles. The fraction of sp³-hybridized carbons (Fsp3) is 0.333. The Morgan fingerprint density at radius 1 is 1.17 bits per heavy atom. The number of nitro groups is 1. The number of anilines is 1. The van der Waals surface area contributed by atoms with E-state index in [0.29, 0.717) is 22.9 Å². The van der Waals surface area contributed by atoms with Gasteiger partial charge in [0, 0.05) is 36.3 Å². The SMILES string of the molecule is CN1CCC(N(C)c2ccc3nc(-c4n[nH]c5ccc([N+](=O)[O-])cc45)[nH]c3c2)CC1. The third-order valence-corrected chi connectivity index (χ3v) is 6.09. The maximum Gasteiger partial charge on any atom is 0.270 e. The van der Waals surface area contributed by atoms with Crippen molar-refractivity contribution >= 4 is 33.3 Å². The van der Waals surface area contributed by atoms with Gasteiger partial charge in [-0.15, -0.1) is 0 Å². The summed E-state index contributed by atoms with van der Waals surface area (Å²) >= 11 is 0. The van der Waals surface area contributed by atoms with Gasteiger partial charge in [-0.2, -0.15) is 5.10 Å². The van der Waals surface area contributed by atoms with Crippen LogP contribution < -0.4 is 4.90 Å². The fourth-order valence-electron chi connectivity index (χ4n) is 4.22. The number of nitrogens with one attached hydrogen (secondary N) is 2. The third-order valence-electron chi connectivity index (χ3n) is 6.09. The van der Waals surface area contributed by atoms with Crippen molar-refractivity contribution in [2.45, 2.75) is 18.9 Å². The molecule has 1 aliphatic heterocycles. The van der Waals surface area contributed by atoms with Crippen LogP contribution in [0.2, 0.25) is 0 Å². The minimum Gasteiger partial charge on any atom is -0.371 e. The summed E-state index contributed by atoms with van der Waals surface area (Å²) in [4.78, 5) is 23.5. The van der Waals surface area contributed by atoms with Crippen molar-refractivity contribution in [3.63, 3.8) is 0 Å². The van der Waals surface area contributed by atoms with Gasteiger partial charge in [0.2, 0.25) is 0 Å². The number of nitro benzene ring substituents is 1. The molecule has 0 atom stereocenters. The quantitative estimate of drug-likeness (QED) is 0.397. The van der Waals surface area contributed by atoms with Crippen LogP contribution in [0.1, 0.15) is 12.8 Å². The van der Waals surface area contributed by atoms with Crippen molar-refractivity contribution < 1.29 is 4.92 Å². The van der Waals surface area contributed by atoms with Crippen LogP contribution in [0, 0.1) is 10.1 Å². The molecule has 4 aromatic rings. The number of nitrogens with zero attached hydrogens (tertiary/aromatic N) is 5. The van der Waals surface area contributed by atoms with Crippen LogP contribution in [0.15, 0.2) is 36.4 Å². The monoisotopic (exact) mass is 405 g/mol. The van der Waals surface area contributed by atoms with E-state index in [4.69, 9.17) is 0 Å². The first kappa shape index (κ1) is 18.6. The molecule has 0 amide bonds. The number of likely N-dealkylation sites (tertiary alicyclic amines) is 1. The van der Waals surface area contributed by atoms with Gasteiger partial charge in [-0.25, -0.2) is 4.98 Å². The Labute approximate surface area is 172 Å². The minimum atomic E-state index is -0.403. The van der Waals surface area contributed by atoms with E-state index in [1.165, 1.54) is 12.1 Å². The second-order valence-corrected chi connectivity index (χ2v) is 7.99. The average Bonchev–Trinajstić information content (AvgIpc) is 3.36. The van der Waals surface area contributed by atoms with Crippen LogP contribution in [0.3, 0.4) is 0 Å². The van der Waals surface area contributed by atoms with Crippen LogP contribution in [0.5, 0.6) is 0 Å². The van der Waals surface area contributed by atoms with Crippen molar-refractivity contribution in [3.05, 3.63) is 46.5 Å². The highest BCUT2D eigenvalue weighted by molar-refractivity contribution is 5.94. The van der Waals surface area contributed by atoms with Gasteiger partial charge in [0.05, 0.1) is 21.5 Å². The van der Waals surface area contributed by atoms with E-state index in [9.17, 15) is 10.1 Å². The molecule has 0 aliphatic carbocycles. The number of H-pyrrole nitrogens is 2. The summed E-state index contributed by atoms with van der Waals surface area (Å²) in [6.45, 7) is 2.23. The summed E-state index contributed by atoms with van der Waals surface area (Å²) in [7, 11) is 4.32. The summed E-state index contributed by atoms with van der Waals surface area (Å²) in [5, 5.41) is 19.1. The molecule has 0 unspecified atom stereocenters. The van der Waals surface area contributed by atoms with Crippen LogP contribution in [-0.2, 0) is 0 Å². The lowest BCUT2D eigenvalue weighted by molar-refractivity contribution is -0.384. The zero-order valence-electron chi connectivity index (χ0n) is 16.9. The number of fused-ring (bicyclic) bond motifs is 2. The second kappa shape index (κ2) is 7.10. The Balaban J connectivity index is 1.49. The zero-order chi connectivity index (χ0) is 20.8. The van der Waals surface area contributed by atoms with Gasteiger partial charge in [-0.3, -0.25) is 15.2 Å². The molecule has 1 fully saturated rings. The van der Waals surface area contributed by atoms with Gasteiger partial charge >= 0.3 is 0 Å². The van der Waals surface area contributed by atoms with Crippen molar-refractivity contribution in [2.24, 2.45) is 0 Å². The molecule has 154 valence electrons. The highest BCUT2D eigenvalue weighted by Crippen LogP contribution is 2.30. The molecule has 2 N–H and O–H groups in total. The average molecular weight is 405 g/mol. The van der Waals surface area contributed by atoms with E-state index in [1.54, 1.807) is 6.07 Å². The molecule has 1 saturated heterocycles. The third kappa shape index (κ3) is 3.17. The maximum atomic E-state index is 11.1. The van der Waals surface area contributed by atoms with Crippen molar-refractivity contribution in [2.75, 3.05) is 32.1 Å². The summed E-state index contributed by atoms with van der Waals surface area (Å²) in [6, 6.07) is 11.4. The van der Waals surface area contributed by atoms with Crippen LogP contribution in [0.25, 0.3) is 33.5 Å². The summed E-state index contributed by atoms with van der Waals surface area (Å²) < 4.78 is 0. The van der Waals surface area contributed by atoms with Crippen LogP contribution in [-0.4, -0.2) is 63.2 Å². The molecule has 9 heteroatoms. The molecule has 0 spiro atoms. The molecule has 30 heavy (non-hydrogen) atoms. The van der Waals surface area contributed by atoms with Gasteiger partial charge in [0.15, 0.2) is 5.82 Å². The number of imidazole rings is 1. The van der Waals surface area contributed by atoms with Gasteiger partial charge in [-0.1, -0.05) is 0 Å². The number of rotatable bonds is 4. The predicted molar refractivity (Wildman–Crippen MR) is 117 cm³/mol. The maximum absolute atomic E-state index is 11.1. The molecule has 3 heterocycles. The number of aromatic nitrogens is 4. The Kier molecular flexibility index (Phi) is 4.39. The zero-order valence-corrected chi connectivity index (χ0v) is 16.9. The number of hydrogen-bond acceptors (Lipinski definition) is 6. The first-order chi connectivity index (χ1) is 14.5. The number of hydrogen-bond donors (Lipinski definition) is 2. The smallest absolute Gasteiger partial charge is 0.270 e. The van der Waals surface area contributed by atoms with E-state index in [-0.39, 0.29) is 5.69 Å². The van der Waals surface area contributed by atoms with E-state index in [0.717, 1.165) is 48.2 Å². The molecule has 0 bridgehead atoms. The summed E-state index contributed by atoms with van der Waals surface area (Å²) in [6.07, 6.45) is 2.30. The lowest BCUT2D eigenvalue weighted by Crippen LogP contribution is -2.41. The van der Waals surface area contributed by atoms with Gasteiger partial charge in [0.25, 0.3) is 5.69 Å². The van der Waals surface area contributed by atoms with Crippen LogP contribution in [0.4, 0.5) is 11.4 Å². The fourth-order valence-corrected chi connectivity index (χ4v) is 4.22. The van der Waals surface area contributed by atoms with Gasteiger partial charge < -0.3 is 14.8 Å². The molecular weight excluding hydrogens is 382 g/mol. The van der Waals surface area contributed by atoms with Gasteiger partial charge in [0.1, 0.15) is 5.69 Å². The number of aromatic amines is 2. The molecule has 2 aromatic carbocycles. The first-order valence-corrected chi connectivity index (χ1v) is 10.0. The Bertz CT molecular complexity index is 1240. The Morgan fingerprint density at radius 2 is 1.97 bits per heavy atom. The highest BCUT2D eigenvalue weighted by Gasteiger charge is 2.22. The Hall–Kier alpha value is -3.46. The molecular formula is C21H23N7O2. The normalized spacial score (nSPS) is 15.8. The molecule has 1 aliphatic rings. The molecule has 0 radical (unpaired) electrons. The number of benzene rings is 2. The van der Waals surface area contributed by atoms with Gasteiger partial charge in [-0.05, 0) is 57.2 Å². The van der Waals surface area contributed by atoms with Crippen molar-refractivity contribution in [1.29, 1.82) is 0 Å². The number of piperidine rings is 1. The second-order valence-electron chi connectivity index (χ2n) is 7.99. The molecule has 0 saturated carbocycles. The van der Waals surface area contributed by atoms with E-state index in [1.807, 2.05) is 6.07 Å². The Morgan fingerprint density at radius 3 is 2.73 bits per heavy atom. The van der Waals surface area contributed by atoms with E-state index >= 15 is 0 Å². The summed E-state index contributed by atoms with van der Waals surface area (Å²) in [5.41, 5.74) is 4.25. The topological polar surface area (TPSA) is 107 Å². The predicted octanol–water partition coefficient (Wildman–Crippen LogP) is 3.54. The van der Waals surface area contributed by atoms with E-state index in [2.05, 4.69) is 56.2 Å². The number of non-ortho nitro benzene ring substituents is 1. The first-order valence-electron chi connectivity index (χ1n) is 10.0. The van der Waals surface area contributed by atoms with E-state index < -0.39 is 4.92 Å². The largest absolute Gasteiger partial charge is 0.371 e.